The average molecular weight is 298 g/mol. The highest BCUT2D eigenvalue weighted by Crippen LogP contribution is 2.38. The molecule has 0 N–H and O–H groups in total. The second-order valence-electron chi connectivity index (χ2n) is 5.35. The molecule has 2 atom stereocenters. The van der Waals surface area contributed by atoms with Crippen LogP contribution in [-0.4, -0.2) is 37.9 Å². The van der Waals surface area contributed by atoms with Gasteiger partial charge in [-0.15, -0.1) is 0 Å². The first-order chi connectivity index (χ1) is 8.33. The first-order valence-corrected chi connectivity index (χ1v) is 7.60. The summed E-state index contributed by atoms with van der Waals surface area (Å²) in [6, 6.07) is 1.70. The molecule has 2 aliphatic heterocycles. The van der Waals surface area contributed by atoms with Crippen LogP contribution in [0.1, 0.15) is 32.1 Å². The maximum Gasteiger partial charge on any atom is 0.0945 e. The number of aryl methyl sites for hydroxylation is 1. The summed E-state index contributed by atoms with van der Waals surface area (Å²) in [5.41, 5.74) is 0. The third-order valence-corrected chi connectivity index (χ3v) is 4.97. The lowest BCUT2D eigenvalue weighted by Crippen LogP contribution is -2.43. The third kappa shape index (κ3) is 2.58. The van der Waals surface area contributed by atoms with Crippen LogP contribution < -0.4 is 0 Å². The molecule has 3 nitrogen and oxygen atoms in total. The average Bonchev–Trinajstić information content (AvgIpc) is 2.88. The third-order valence-electron chi connectivity index (χ3n) is 4.22. The molecule has 94 valence electrons. The Balaban J connectivity index is 1.49. The van der Waals surface area contributed by atoms with Crippen LogP contribution in [0.5, 0.6) is 0 Å². The minimum atomic E-state index is 0.768. The van der Waals surface area contributed by atoms with Gasteiger partial charge in [0.05, 0.1) is 6.33 Å². The van der Waals surface area contributed by atoms with Gasteiger partial charge in [-0.2, -0.15) is 0 Å². The monoisotopic (exact) mass is 297 g/mol. The van der Waals surface area contributed by atoms with Gasteiger partial charge in [0.25, 0.3) is 0 Å². The zero-order valence-electron chi connectivity index (χ0n) is 10.1. The lowest BCUT2D eigenvalue weighted by molar-refractivity contribution is 0.141. The van der Waals surface area contributed by atoms with Gasteiger partial charge in [-0.25, -0.2) is 4.98 Å². The van der Waals surface area contributed by atoms with E-state index in [2.05, 4.69) is 36.6 Å². The Kier molecular flexibility index (Phi) is 3.52. The van der Waals surface area contributed by atoms with Crippen molar-refractivity contribution in [2.24, 2.45) is 0 Å². The minimum Gasteiger partial charge on any atom is -0.337 e. The number of alkyl halides is 1. The number of imidazole rings is 1. The Morgan fingerprint density at radius 1 is 1.18 bits per heavy atom. The standard InChI is InChI=1S/C13H20BrN3/c14-11-8-12-2-3-13(9-11)17(12)6-1-5-16-7-4-15-10-16/h4,7,10-13H,1-3,5-6,8-9H2. The van der Waals surface area contributed by atoms with Crippen LogP contribution in [0.15, 0.2) is 18.7 Å². The van der Waals surface area contributed by atoms with Gasteiger partial charge in [0.1, 0.15) is 0 Å². The van der Waals surface area contributed by atoms with Crippen LogP contribution >= 0.6 is 15.9 Å². The molecule has 3 heterocycles. The number of hydrogen-bond acceptors (Lipinski definition) is 2. The van der Waals surface area contributed by atoms with E-state index in [1.165, 1.54) is 38.6 Å². The quantitative estimate of drug-likeness (QED) is 0.797. The molecule has 2 fully saturated rings. The molecule has 0 saturated carbocycles. The highest BCUT2D eigenvalue weighted by Gasteiger charge is 2.39. The summed E-state index contributed by atoms with van der Waals surface area (Å²) in [4.78, 5) is 7.61. The summed E-state index contributed by atoms with van der Waals surface area (Å²) in [6.45, 7) is 2.36. The van der Waals surface area contributed by atoms with Crippen LogP contribution in [0.4, 0.5) is 0 Å². The fourth-order valence-corrected chi connectivity index (χ4v) is 4.29. The largest absolute Gasteiger partial charge is 0.337 e. The van der Waals surface area contributed by atoms with Crippen molar-refractivity contribution in [1.82, 2.24) is 14.5 Å². The number of halogens is 1. The topological polar surface area (TPSA) is 21.1 Å². The van der Waals surface area contributed by atoms with E-state index in [4.69, 9.17) is 0 Å². The maximum atomic E-state index is 4.08. The molecule has 1 aromatic rings. The van der Waals surface area contributed by atoms with Crippen molar-refractivity contribution >= 4 is 15.9 Å². The van der Waals surface area contributed by atoms with E-state index in [0.717, 1.165) is 23.5 Å². The van der Waals surface area contributed by atoms with Crippen molar-refractivity contribution in [3.05, 3.63) is 18.7 Å². The van der Waals surface area contributed by atoms with Crippen molar-refractivity contribution in [2.75, 3.05) is 6.54 Å². The van der Waals surface area contributed by atoms with Crippen LogP contribution in [0.2, 0.25) is 0 Å². The molecule has 2 saturated heterocycles. The van der Waals surface area contributed by atoms with Crippen molar-refractivity contribution in [3.63, 3.8) is 0 Å². The lowest BCUT2D eigenvalue weighted by atomic mass is 10.0. The highest BCUT2D eigenvalue weighted by atomic mass is 79.9. The number of fused-ring (bicyclic) bond motifs is 2. The number of aromatic nitrogens is 2. The van der Waals surface area contributed by atoms with Gasteiger partial charge in [-0.05, 0) is 32.1 Å². The molecule has 0 amide bonds. The van der Waals surface area contributed by atoms with Gasteiger partial charge in [0, 0.05) is 42.4 Å². The second kappa shape index (κ2) is 5.11. The summed E-state index contributed by atoms with van der Waals surface area (Å²) >= 11 is 3.80. The number of rotatable bonds is 4. The van der Waals surface area contributed by atoms with Gasteiger partial charge >= 0.3 is 0 Å². The van der Waals surface area contributed by atoms with Gasteiger partial charge in [-0.3, -0.25) is 4.90 Å². The Hall–Kier alpha value is -0.350. The van der Waals surface area contributed by atoms with Crippen molar-refractivity contribution in [2.45, 2.75) is 55.6 Å². The molecule has 0 radical (unpaired) electrons. The molecule has 0 spiro atoms. The summed E-state index contributed by atoms with van der Waals surface area (Å²) in [5.74, 6) is 0. The van der Waals surface area contributed by atoms with Gasteiger partial charge < -0.3 is 4.57 Å². The second-order valence-corrected chi connectivity index (χ2v) is 6.64. The molecule has 17 heavy (non-hydrogen) atoms. The first-order valence-electron chi connectivity index (χ1n) is 6.68. The number of piperidine rings is 1. The first kappa shape index (κ1) is 11.7. The summed E-state index contributed by atoms with van der Waals surface area (Å²) < 4.78 is 2.18. The Bertz CT molecular complexity index is 338. The van der Waals surface area contributed by atoms with E-state index in [9.17, 15) is 0 Å². The number of hydrogen-bond donors (Lipinski definition) is 0. The predicted molar refractivity (Wildman–Crippen MR) is 72.3 cm³/mol. The molecule has 0 aliphatic carbocycles. The fraction of sp³-hybridized carbons (Fsp3) is 0.769. The smallest absolute Gasteiger partial charge is 0.0945 e. The van der Waals surface area contributed by atoms with Crippen LogP contribution in [-0.2, 0) is 6.54 Å². The molecule has 3 rings (SSSR count). The molecular weight excluding hydrogens is 278 g/mol. The SMILES string of the molecule is BrC1CC2CCC(C1)N2CCCn1ccnc1. The van der Waals surface area contributed by atoms with E-state index in [1.54, 1.807) is 0 Å². The Morgan fingerprint density at radius 2 is 1.94 bits per heavy atom. The van der Waals surface area contributed by atoms with Crippen LogP contribution in [0.3, 0.4) is 0 Å². The molecule has 2 bridgehead atoms. The van der Waals surface area contributed by atoms with Gasteiger partial charge in [-0.1, -0.05) is 15.9 Å². The van der Waals surface area contributed by atoms with Gasteiger partial charge in [0.15, 0.2) is 0 Å². The Morgan fingerprint density at radius 3 is 2.59 bits per heavy atom. The van der Waals surface area contributed by atoms with Crippen LogP contribution in [0.25, 0.3) is 0 Å². The van der Waals surface area contributed by atoms with E-state index in [1.807, 2.05) is 12.5 Å². The fourth-order valence-electron chi connectivity index (χ4n) is 3.43. The molecule has 0 aromatic carbocycles. The van der Waals surface area contributed by atoms with E-state index >= 15 is 0 Å². The lowest BCUT2D eigenvalue weighted by Gasteiger charge is -2.37. The minimum absolute atomic E-state index is 0.768. The van der Waals surface area contributed by atoms with E-state index in [0.29, 0.717) is 0 Å². The van der Waals surface area contributed by atoms with Crippen molar-refractivity contribution < 1.29 is 0 Å². The predicted octanol–water partition coefficient (Wildman–Crippen LogP) is 2.66. The normalized spacial score (nSPS) is 33.1. The molecule has 2 unspecified atom stereocenters. The zero-order valence-corrected chi connectivity index (χ0v) is 11.7. The maximum absolute atomic E-state index is 4.08. The van der Waals surface area contributed by atoms with E-state index in [-0.39, 0.29) is 0 Å². The molecular formula is C13H20BrN3. The molecule has 1 aromatic heterocycles. The molecule has 2 aliphatic rings. The summed E-state index contributed by atoms with van der Waals surface area (Å²) in [7, 11) is 0. The zero-order chi connectivity index (χ0) is 11.7. The molecule has 4 heteroatoms. The number of nitrogens with zero attached hydrogens (tertiary/aromatic N) is 3. The van der Waals surface area contributed by atoms with E-state index < -0.39 is 0 Å². The highest BCUT2D eigenvalue weighted by molar-refractivity contribution is 9.09. The summed E-state index contributed by atoms with van der Waals surface area (Å²) in [6.07, 6.45) is 12.6. The van der Waals surface area contributed by atoms with Crippen LogP contribution in [0, 0.1) is 0 Å². The summed E-state index contributed by atoms with van der Waals surface area (Å²) in [5, 5.41) is 0. The van der Waals surface area contributed by atoms with Crippen molar-refractivity contribution in [1.29, 1.82) is 0 Å². The van der Waals surface area contributed by atoms with Crippen molar-refractivity contribution in [3.8, 4) is 0 Å². The van der Waals surface area contributed by atoms with Gasteiger partial charge in [0.2, 0.25) is 0 Å². The Labute approximate surface area is 111 Å².